The summed E-state index contributed by atoms with van der Waals surface area (Å²) in [5.41, 5.74) is 0. The lowest BCUT2D eigenvalue weighted by Crippen LogP contribution is -2.54. The normalized spacial score (nSPS) is 32.8. The Labute approximate surface area is 79.3 Å². The first-order chi connectivity index (χ1) is 6.04. The maximum Gasteiger partial charge on any atom is 0.324 e. The van der Waals surface area contributed by atoms with Crippen LogP contribution in [0.2, 0.25) is 0 Å². The molecule has 13 heavy (non-hydrogen) atoms. The van der Waals surface area contributed by atoms with Crippen LogP contribution < -0.4 is 0 Å². The Bertz CT molecular complexity index is 233. The monoisotopic (exact) mass is 207 g/mol. The Balaban J connectivity index is 2.80. The minimum Gasteiger partial charge on any atom is -0.480 e. The summed E-state index contributed by atoms with van der Waals surface area (Å²) in [7, 11) is -1.25. The number of hydrogen-bond donors (Lipinski definition) is 1. The van der Waals surface area contributed by atoms with Crippen molar-refractivity contribution in [1.82, 2.24) is 4.31 Å². The van der Waals surface area contributed by atoms with E-state index in [-0.39, 0.29) is 0 Å². The topological polar surface area (TPSA) is 66.8 Å². The summed E-state index contributed by atoms with van der Waals surface area (Å²) < 4.78 is 17.8. The molecule has 0 saturated carbocycles. The van der Waals surface area contributed by atoms with E-state index in [2.05, 4.69) is 0 Å². The molecule has 1 fully saturated rings. The van der Waals surface area contributed by atoms with Gasteiger partial charge in [-0.15, -0.1) is 0 Å². The van der Waals surface area contributed by atoms with Gasteiger partial charge in [0.1, 0.15) is 6.04 Å². The third-order valence-corrected chi connectivity index (χ3v) is 3.10. The maximum atomic E-state index is 11.2. The van der Waals surface area contributed by atoms with Crippen molar-refractivity contribution >= 4 is 17.0 Å². The lowest BCUT2D eigenvalue weighted by atomic mass is 10.1. The third kappa shape index (κ3) is 2.26. The molecule has 0 aromatic carbocycles. The van der Waals surface area contributed by atoms with Crippen molar-refractivity contribution in [2.45, 2.75) is 19.1 Å². The van der Waals surface area contributed by atoms with E-state index in [0.717, 1.165) is 0 Å². The molecule has 1 rings (SSSR count). The number of carbonyl (C=O) groups is 1. The SMILES string of the molecule is CC1OCCN(S(C)=O)C1C(=O)O. The fraction of sp³-hybridized carbons (Fsp3) is 0.857. The van der Waals surface area contributed by atoms with Gasteiger partial charge in [-0.2, -0.15) is 0 Å². The molecule has 0 aromatic heterocycles. The molecule has 6 heteroatoms. The molecule has 0 spiro atoms. The van der Waals surface area contributed by atoms with E-state index < -0.39 is 29.1 Å². The first-order valence-corrected chi connectivity index (χ1v) is 5.50. The number of morpholine rings is 1. The fourth-order valence-corrected chi connectivity index (χ4v) is 2.32. The Hall–Kier alpha value is -0.460. The lowest BCUT2D eigenvalue weighted by molar-refractivity contribution is -0.150. The molecule has 76 valence electrons. The van der Waals surface area contributed by atoms with Crippen LogP contribution in [-0.4, -0.2) is 51.1 Å². The molecule has 3 unspecified atom stereocenters. The zero-order chi connectivity index (χ0) is 10.0. The lowest BCUT2D eigenvalue weighted by Gasteiger charge is -2.34. The second-order valence-corrected chi connectivity index (χ2v) is 4.24. The highest BCUT2D eigenvalue weighted by Crippen LogP contribution is 2.15. The number of hydrogen-bond acceptors (Lipinski definition) is 3. The van der Waals surface area contributed by atoms with E-state index >= 15 is 0 Å². The van der Waals surface area contributed by atoms with Crippen LogP contribution in [0.1, 0.15) is 6.92 Å². The molecule has 3 atom stereocenters. The summed E-state index contributed by atoms with van der Waals surface area (Å²) in [5.74, 6) is -0.984. The smallest absolute Gasteiger partial charge is 0.324 e. The van der Waals surface area contributed by atoms with Crippen LogP contribution in [0, 0.1) is 0 Å². The summed E-state index contributed by atoms with van der Waals surface area (Å²) in [5, 5.41) is 8.87. The van der Waals surface area contributed by atoms with Crippen LogP contribution in [0.3, 0.4) is 0 Å². The van der Waals surface area contributed by atoms with Crippen molar-refractivity contribution in [2.24, 2.45) is 0 Å². The second-order valence-electron chi connectivity index (χ2n) is 2.92. The summed E-state index contributed by atoms with van der Waals surface area (Å²) in [6.07, 6.45) is 1.07. The highest BCUT2D eigenvalue weighted by Gasteiger charge is 2.36. The molecule has 1 aliphatic heterocycles. The van der Waals surface area contributed by atoms with E-state index in [9.17, 15) is 9.00 Å². The maximum absolute atomic E-state index is 11.2. The van der Waals surface area contributed by atoms with E-state index in [1.165, 1.54) is 10.6 Å². The van der Waals surface area contributed by atoms with Gasteiger partial charge < -0.3 is 9.84 Å². The van der Waals surface area contributed by atoms with Gasteiger partial charge in [-0.05, 0) is 6.92 Å². The third-order valence-electron chi connectivity index (χ3n) is 2.03. The summed E-state index contributed by atoms with van der Waals surface area (Å²) in [6, 6.07) is -0.792. The van der Waals surface area contributed by atoms with E-state index in [0.29, 0.717) is 13.2 Å². The van der Waals surface area contributed by atoms with Gasteiger partial charge in [-0.1, -0.05) is 0 Å². The van der Waals surface area contributed by atoms with Gasteiger partial charge in [0.15, 0.2) is 0 Å². The van der Waals surface area contributed by atoms with Crippen molar-refractivity contribution in [2.75, 3.05) is 19.4 Å². The molecular weight excluding hydrogens is 194 g/mol. The van der Waals surface area contributed by atoms with E-state index in [4.69, 9.17) is 9.84 Å². The average molecular weight is 207 g/mol. The number of rotatable bonds is 2. The highest BCUT2D eigenvalue weighted by molar-refractivity contribution is 7.81. The molecule has 0 aliphatic carbocycles. The highest BCUT2D eigenvalue weighted by atomic mass is 32.2. The molecule has 5 nitrogen and oxygen atoms in total. The predicted octanol–water partition coefficient (Wildman–Crippen LogP) is -0.546. The molecule has 0 radical (unpaired) electrons. The van der Waals surface area contributed by atoms with Crippen molar-refractivity contribution in [3.8, 4) is 0 Å². The Morgan fingerprint density at radius 3 is 2.69 bits per heavy atom. The van der Waals surface area contributed by atoms with Gasteiger partial charge in [0.05, 0.1) is 23.7 Å². The molecular formula is C7H13NO4S. The molecule has 0 aromatic rings. The molecule has 0 amide bonds. The van der Waals surface area contributed by atoms with Gasteiger partial charge in [0, 0.05) is 12.8 Å². The fourth-order valence-electron chi connectivity index (χ4n) is 1.41. The Morgan fingerprint density at radius 1 is 1.69 bits per heavy atom. The van der Waals surface area contributed by atoms with Crippen molar-refractivity contribution in [1.29, 1.82) is 0 Å². The zero-order valence-corrected chi connectivity index (χ0v) is 8.41. The first-order valence-electron chi connectivity index (χ1n) is 3.98. The average Bonchev–Trinajstić information content (AvgIpc) is 2.02. The molecule has 1 N–H and O–H groups in total. The summed E-state index contributed by atoms with van der Waals surface area (Å²) in [6.45, 7) is 2.52. The van der Waals surface area contributed by atoms with Gasteiger partial charge in [-0.25, -0.2) is 8.51 Å². The predicted molar refractivity (Wildman–Crippen MR) is 47.6 cm³/mol. The first kappa shape index (κ1) is 10.6. The molecule has 0 bridgehead atoms. The zero-order valence-electron chi connectivity index (χ0n) is 7.60. The molecule has 1 saturated heterocycles. The van der Waals surface area contributed by atoms with E-state index in [1.807, 2.05) is 0 Å². The minimum absolute atomic E-state index is 0.407. The molecule has 1 heterocycles. The standard InChI is InChI=1S/C7H13NO4S/c1-5-6(7(9)10)8(13(2)11)3-4-12-5/h5-6H,3-4H2,1-2H3,(H,9,10). The summed E-state index contributed by atoms with van der Waals surface area (Å²) in [4.78, 5) is 10.8. The van der Waals surface area contributed by atoms with Crippen molar-refractivity contribution < 1.29 is 18.8 Å². The number of ether oxygens (including phenoxy) is 1. The van der Waals surface area contributed by atoms with E-state index in [1.54, 1.807) is 6.92 Å². The van der Waals surface area contributed by atoms with Crippen LogP contribution in [0.15, 0.2) is 0 Å². The summed E-state index contributed by atoms with van der Waals surface area (Å²) >= 11 is 0. The van der Waals surface area contributed by atoms with Crippen LogP contribution in [0.25, 0.3) is 0 Å². The number of nitrogens with zero attached hydrogens (tertiary/aromatic N) is 1. The van der Waals surface area contributed by atoms with Gasteiger partial charge in [0.25, 0.3) is 0 Å². The largest absolute Gasteiger partial charge is 0.480 e. The molecule has 1 aliphatic rings. The quantitative estimate of drug-likeness (QED) is 0.660. The van der Waals surface area contributed by atoms with Crippen LogP contribution >= 0.6 is 0 Å². The minimum atomic E-state index is -1.25. The Morgan fingerprint density at radius 2 is 2.31 bits per heavy atom. The van der Waals surface area contributed by atoms with Gasteiger partial charge in [0.2, 0.25) is 0 Å². The van der Waals surface area contributed by atoms with Gasteiger partial charge >= 0.3 is 5.97 Å². The van der Waals surface area contributed by atoms with Crippen LogP contribution in [0.4, 0.5) is 0 Å². The number of carboxylic acids is 1. The second kappa shape index (κ2) is 4.17. The van der Waals surface area contributed by atoms with Gasteiger partial charge in [-0.3, -0.25) is 4.79 Å². The van der Waals surface area contributed by atoms with Crippen molar-refractivity contribution in [3.63, 3.8) is 0 Å². The number of carboxylic acid groups (broad SMARTS) is 1. The van der Waals surface area contributed by atoms with Crippen molar-refractivity contribution in [3.05, 3.63) is 0 Å². The van der Waals surface area contributed by atoms with Crippen LogP contribution in [-0.2, 0) is 20.5 Å². The number of aliphatic carboxylic acids is 1. The Kier molecular flexibility index (Phi) is 3.40. The van der Waals surface area contributed by atoms with Crippen LogP contribution in [0.5, 0.6) is 0 Å².